The van der Waals surface area contributed by atoms with Crippen LogP contribution in [0.5, 0.6) is 0 Å². The van der Waals surface area contributed by atoms with Gasteiger partial charge in [-0.1, -0.05) is 13.3 Å². The summed E-state index contributed by atoms with van der Waals surface area (Å²) in [5.74, 6) is -0.0313. The molecule has 0 saturated heterocycles. The van der Waals surface area contributed by atoms with Crippen LogP contribution in [0.1, 0.15) is 41.5 Å². The first kappa shape index (κ1) is 17.8. The van der Waals surface area contributed by atoms with Gasteiger partial charge in [-0.3, -0.25) is 19.7 Å². The highest BCUT2D eigenvalue weighted by atomic mass is 79.9. The van der Waals surface area contributed by atoms with Crippen LogP contribution in [0.3, 0.4) is 0 Å². The second kappa shape index (κ2) is 7.09. The van der Waals surface area contributed by atoms with Crippen LogP contribution in [-0.4, -0.2) is 25.3 Å². The molecule has 0 aliphatic rings. The zero-order valence-electron chi connectivity index (χ0n) is 14.2. The number of hydrogen-bond acceptors (Lipinski definition) is 5. The van der Waals surface area contributed by atoms with E-state index >= 15 is 0 Å². The summed E-state index contributed by atoms with van der Waals surface area (Å²) in [6, 6.07) is 1.86. The topological polar surface area (TPSA) is 81.8 Å². The summed E-state index contributed by atoms with van der Waals surface area (Å²) in [6.45, 7) is 6.36. The lowest BCUT2D eigenvalue weighted by atomic mass is 10.2. The minimum atomic E-state index is -0.463. The number of carbonyl (C=O) groups is 1. The molecule has 3 heterocycles. The van der Waals surface area contributed by atoms with E-state index in [2.05, 4.69) is 38.4 Å². The van der Waals surface area contributed by atoms with Gasteiger partial charge < -0.3 is 0 Å². The molecule has 3 aromatic heterocycles. The van der Waals surface area contributed by atoms with Crippen LogP contribution >= 0.6 is 27.3 Å². The van der Waals surface area contributed by atoms with Crippen LogP contribution < -0.4 is 11.0 Å². The molecule has 3 aromatic rings. The second-order valence-corrected chi connectivity index (χ2v) is 7.57. The monoisotopic (exact) mass is 423 g/mol. The molecule has 3 rings (SSSR count). The van der Waals surface area contributed by atoms with Crippen molar-refractivity contribution in [1.29, 1.82) is 0 Å². The lowest BCUT2D eigenvalue weighted by Gasteiger charge is -2.09. The van der Waals surface area contributed by atoms with Gasteiger partial charge in [-0.25, -0.2) is 9.66 Å². The van der Waals surface area contributed by atoms with Gasteiger partial charge in [0.2, 0.25) is 0 Å². The number of rotatable bonds is 5. The molecule has 1 amide bonds. The summed E-state index contributed by atoms with van der Waals surface area (Å²) in [5.41, 5.74) is 2.56. The lowest BCUT2D eigenvalue weighted by molar-refractivity contribution is 0.1000. The molecule has 9 heteroatoms. The molecule has 25 heavy (non-hydrogen) atoms. The number of thiophene rings is 1. The SMILES string of the molecule is CCCc1cc2c(=O)n(NC(=O)c3nn(CC)cc3Br)c(C)nc2s1. The Morgan fingerprint density at radius 2 is 2.16 bits per heavy atom. The number of fused-ring (bicyclic) bond motifs is 1. The Kier molecular flexibility index (Phi) is 5.05. The molecule has 7 nitrogen and oxygen atoms in total. The Morgan fingerprint density at radius 3 is 2.80 bits per heavy atom. The Hall–Kier alpha value is -2.00. The molecule has 0 atom stereocenters. The first-order valence-electron chi connectivity index (χ1n) is 8.01. The van der Waals surface area contributed by atoms with Gasteiger partial charge in [0.15, 0.2) is 5.69 Å². The molecule has 0 unspecified atom stereocenters. The average molecular weight is 424 g/mol. The zero-order chi connectivity index (χ0) is 18.1. The van der Waals surface area contributed by atoms with Crippen LogP contribution in [0.25, 0.3) is 10.2 Å². The van der Waals surface area contributed by atoms with Gasteiger partial charge in [0, 0.05) is 17.6 Å². The molecular weight excluding hydrogens is 406 g/mol. The van der Waals surface area contributed by atoms with Crippen molar-refractivity contribution in [2.24, 2.45) is 0 Å². The second-order valence-electron chi connectivity index (χ2n) is 5.60. The van der Waals surface area contributed by atoms with Crippen LogP contribution in [-0.2, 0) is 13.0 Å². The maximum absolute atomic E-state index is 12.8. The van der Waals surface area contributed by atoms with E-state index in [4.69, 9.17) is 0 Å². The molecule has 0 saturated carbocycles. The minimum absolute atomic E-state index is 0.227. The van der Waals surface area contributed by atoms with E-state index in [0.29, 0.717) is 27.1 Å². The number of hydrogen-bond donors (Lipinski definition) is 1. The number of nitrogens with one attached hydrogen (secondary N) is 1. The summed E-state index contributed by atoms with van der Waals surface area (Å²) in [5, 5.41) is 4.72. The quantitative estimate of drug-likeness (QED) is 0.683. The minimum Gasteiger partial charge on any atom is -0.271 e. The summed E-state index contributed by atoms with van der Waals surface area (Å²) in [7, 11) is 0. The summed E-state index contributed by atoms with van der Waals surface area (Å²) >= 11 is 4.85. The van der Waals surface area contributed by atoms with Crippen LogP contribution in [0, 0.1) is 6.92 Å². The molecule has 0 aromatic carbocycles. The summed E-state index contributed by atoms with van der Waals surface area (Å²) in [4.78, 5) is 31.5. The van der Waals surface area contributed by atoms with E-state index in [1.54, 1.807) is 17.8 Å². The van der Waals surface area contributed by atoms with Gasteiger partial charge in [-0.2, -0.15) is 5.10 Å². The van der Waals surface area contributed by atoms with Gasteiger partial charge in [0.1, 0.15) is 10.7 Å². The molecule has 0 spiro atoms. The van der Waals surface area contributed by atoms with E-state index in [1.807, 2.05) is 13.0 Å². The third-order valence-electron chi connectivity index (χ3n) is 3.75. The molecule has 0 aliphatic heterocycles. The maximum atomic E-state index is 12.8. The first-order valence-corrected chi connectivity index (χ1v) is 9.61. The fourth-order valence-electron chi connectivity index (χ4n) is 2.50. The van der Waals surface area contributed by atoms with Crippen LogP contribution in [0.15, 0.2) is 21.5 Å². The van der Waals surface area contributed by atoms with Crippen molar-refractivity contribution in [3.8, 4) is 0 Å². The smallest absolute Gasteiger partial charge is 0.271 e. The van der Waals surface area contributed by atoms with Gasteiger partial charge in [0.25, 0.3) is 11.5 Å². The van der Waals surface area contributed by atoms with E-state index in [9.17, 15) is 9.59 Å². The molecule has 0 aliphatic carbocycles. The highest BCUT2D eigenvalue weighted by molar-refractivity contribution is 9.10. The lowest BCUT2D eigenvalue weighted by Crippen LogP contribution is -2.35. The Morgan fingerprint density at radius 1 is 1.40 bits per heavy atom. The van der Waals surface area contributed by atoms with E-state index in [0.717, 1.165) is 17.7 Å². The molecule has 1 N–H and O–H groups in total. The molecular formula is C16H18BrN5O2S. The van der Waals surface area contributed by atoms with Gasteiger partial charge in [0.05, 0.1) is 9.86 Å². The van der Waals surface area contributed by atoms with E-state index in [-0.39, 0.29) is 11.3 Å². The maximum Gasteiger partial charge on any atom is 0.291 e. The predicted molar refractivity (Wildman–Crippen MR) is 102 cm³/mol. The van der Waals surface area contributed by atoms with Crippen molar-refractivity contribution in [3.63, 3.8) is 0 Å². The third-order valence-corrected chi connectivity index (χ3v) is 5.42. The number of aromatic nitrogens is 4. The normalized spacial score (nSPS) is 11.2. The third kappa shape index (κ3) is 3.38. The van der Waals surface area contributed by atoms with Crippen LogP contribution in [0.4, 0.5) is 0 Å². The molecule has 0 fully saturated rings. The van der Waals surface area contributed by atoms with Gasteiger partial charge in [-0.05, 0) is 42.3 Å². The van der Waals surface area contributed by atoms with Crippen molar-refractivity contribution >= 4 is 43.4 Å². The first-order chi connectivity index (χ1) is 11.9. The fourth-order valence-corrected chi connectivity index (χ4v) is 4.16. The average Bonchev–Trinajstić information content (AvgIpc) is 3.14. The standard InChI is InChI=1S/C16H18BrN5O2S/c1-4-6-10-7-11-15(25-10)18-9(3)22(16(11)24)20-14(23)13-12(17)8-21(5-2)19-13/h7-8H,4-6H2,1-3H3,(H,20,23). The largest absolute Gasteiger partial charge is 0.291 e. The van der Waals surface area contributed by atoms with Crippen LogP contribution in [0.2, 0.25) is 0 Å². The van der Waals surface area contributed by atoms with Crippen molar-refractivity contribution in [3.05, 3.63) is 43.5 Å². The van der Waals surface area contributed by atoms with Crippen molar-refractivity contribution in [1.82, 2.24) is 19.4 Å². The molecule has 0 bridgehead atoms. The molecule has 132 valence electrons. The number of amides is 1. The highest BCUT2D eigenvalue weighted by Crippen LogP contribution is 2.22. The van der Waals surface area contributed by atoms with Crippen molar-refractivity contribution in [2.45, 2.75) is 40.2 Å². The Bertz CT molecular complexity index is 1000. The number of halogens is 1. The summed E-state index contributed by atoms with van der Waals surface area (Å²) in [6.07, 6.45) is 3.64. The van der Waals surface area contributed by atoms with Gasteiger partial charge in [-0.15, -0.1) is 11.3 Å². The number of carbonyl (C=O) groups excluding carboxylic acids is 1. The predicted octanol–water partition coefficient (Wildman–Crippen LogP) is 3.08. The number of nitrogens with zero attached hydrogens (tertiary/aromatic N) is 4. The van der Waals surface area contributed by atoms with E-state index in [1.165, 1.54) is 16.0 Å². The van der Waals surface area contributed by atoms with Gasteiger partial charge >= 0.3 is 0 Å². The Balaban J connectivity index is 1.99. The molecule has 0 radical (unpaired) electrons. The fraction of sp³-hybridized carbons (Fsp3) is 0.375. The highest BCUT2D eigenvalue weighted by Gasteiger charge is 2.18. The van der Waals surface area contributed by atoms with Crippen molar-refractivity contribution < 1.29 is 4.79 Å². The Labute approximate surface area is 156 Å². The number of aryl methyl sites for hydroxylation is 3. The van der Waals surface area contributed by atoms with Crippen molar-refractivity contribution in [2.75, 3.05) is 5.43 Å². The zero-order valence-corrected chi connectivity index (χ0v) is 16.6. The summed E-state index contributed by atoms with van der Waals surface area (Å²) < 4.78 is 3.41. The van der Waals surface area contributed by atoms with E-state index < -0.39 is 5.91 Å².